The molecule has 1 atom stereocenters. The second-order valence-corrected chi connectivity index (χ2v) is 7.71. The number of fused-ring (bicyclic) bond motifs is 1. The molecule has 2 heterocycles. The molecule has 7 nitrogen and oxygen atoms in total. The molecule has 1 aromatic carbocycles. The Bertz CT molecular complexity index is 846. The minimum Gasteiger partial charge on any atom is -0.361 e. The van der Waals surface area contributed by atoms with Crippen LogP contribution in [0.15, 0.2) is 30.5 Å². The summed E-state index contributed by atoms with van der Waals surface area (Å²) >= 11 is 0. The van der Waals surface area contributed by atoms with Gasteiger partial charge in [-0.15, -0.1) is 0 Å². The first-order valence-electron chi connectivity index (χ1n) is 9.95. The Morgan fingerprint density at radius 1 is 1.21 bits per heavy atom. The van der Waals surface area contributed by atoms with Gasteiger partial charge in [-0.1, -0.05) is 18.2 Å². The quantitative estimate of drug-likeness (QED) is 0.734. The third kappa shape index (κ3) is 4.05. The van der Waals surface area contributed by atoms with E-state index in [1.165, 1.54) is 6.92 Å². The number of aromatic amines is 1. The maximum Gasteiger partial charge on any atom is 0.243 e. The monoisotopic (exact) mass is 385 g/mol. The highest BCUT2D eigenvalue weighted by atomic mass is 16.7. The van der Waals surface area contributed by atoms with Gasteiger partial charge in [0.15, 0.2) is 5.79 Å². The predicted molar refractivity (Wildman–Crippen MR) is 105 cm³/mol. The molecule has 0 radical (unpaired) electrons. The predicted octanol–water partition coefficient (Wildman–Crippen LogP) is 2.02. The molecule has 0 unspecified atom stereocenters. The Morgan fingerprint density at radius 3 is 2.64 bits per heavy atom. The molecule has 2 amide bonds. The number of rotatable bonds is 5. The van der Waals surface area contributed by atoms with E-state index in [0.717, 1.165) is 42.1 Å². The summed E-state index contributed by atoms with van der Waals surface area (Å²) in [4.78, 5) is 27.8. The maximum absolute atomic E-state index is 12.9. The lowest BCUT2D eigenvalue weighted by molar-refractivity contribution is -0.180. The average molecular weight is 385 g/mol. The molecule has 1 saturated heterocycles. The highest BCUT2D eigenvalue weighted by molar-refractivity contribution is 5.89. The SMILES string of the molecule is CC(=O)N[C@H](Cc1c[nH]c2ccccc12)C(=O)NC1CCC2(CC1)OCCO2. The van der Waals surface area contributed by atoms with Gasteiger partial charge in [0, 0.05) is 49.3 Å². The molecule has 1 aliphatic carbocycles. The molecule has 4 rings (SSSR count). The molecule has 28 heavy (non-hydrogen) atoms. The van der Waals surface area contributed by atoms with E-state index in [2.05, 4.69) is 15.6 Å². The van der Waals surface area contributed by atoms with Gasteiger partial charge in [-0.05, 0) is 24.5 Å². The fourth-order valence-electron chi connectivity index (χ4n) is 4.26. The second-order valence-electron chi connectivity index (χ2n) is 7.71. The zero-order chi connectivity index (χ0) is 19.6. The van der Waals surface area contributed by atoms with Gasteiger partial charge < -0.3 is 25.1 Å². The molecule has 7 heteroatoms. The summed E-state index contributed by atoms with van der Waals surface area (Å²) in [6, 6.07) is 7.42. The second kappa shape index (κ2) is 7.93. The van der Waals surface area contributed by atoms with Crippen LogP contribution >= 0.6 is 0 Å². The summed E-state index contributed by atoms with van der Waals surface area (Å²) < 4.78 is 11.5. The topological polar surface area (TPSA) is 92.5 Å². The zero-order valence-electron chi connectivity index (χ0n) is 16.1. The van der Waals surface area contributed by atoms with Crippen molar-refractivity contribution in [1.29, 1.82) is 0 Å². The summed E-state index contributed by atoms with van der Waals surface area (Å²) in [5.41, 5.74) is 2.04. The lowest BCUT2D eigenvalue weighted by Gasteiger charge is -2.36. The van der Waals surface area contributed by atoms with Gasteiger partial charge in [0.05, 0.1) is 13.2 Å². The Balaban J connectivity index is 1.41. The molecule has 150 valence electrons. The number of nitrogens with one attached hydrogen (secondary N) is 3. The van der Waals surface area contributed by atoms with Gasteiger partial charge in [-0.2, -0.15) is 0 Å². The van der Waals surface area contributed by atoms with Crippen LogP contribution in [0.4, 0.5) is 0 Å². The first kappa shape index (κ1) is 19.0. The Kier molecular flexibility index (Phi) is 5.37. The summed E-state index contributed by atoms with van der Waals surface area (Å²) in [5.74, 6) is -0.799. The molecule has 2 aromatic rings. The molecule has 1 aliphatic heterocycles. The lowest BCUT2D eigenvalue weighted by atomic mass is 9.89. The summed E-state index contributed by atoms with van der Waals surface area (Å²) in [6.07, 6.45) is 5.54. The van der Waals surface area contributed by atoms with Crippen molar-refractivity contribution in [1.82, 2.24) is 15.6 Å². The summed E-state index contributed by atoms with van der Waals surface area (Å²) in [7, 11) is 0. The van der Waals surface area contributed by atoms with E-state index in [-0.39, 0.29) is 17.9 Å². The normalized spacial score (nSPS) is 20.3. The average Bonchev–Trinajstić information content (AvgIpc) is 3.31. The number of hydrogen-bond acceptors (Lipinski definition) is 4. The highest BCUT2D eigenvalue weighted by Gasteiger charge is 2.40. The number of benzene rings is 1. The van der Waals surface area contributed by atoms with E-state index >= 15 is 0 Å². The van der Waals surface area contributed by atoms with Crippen LogP contribution in [-0.2, 0) is 25.5 Å². The fraction of sp³-hybridized carbons (Fsp3) is 0.524. The van der Waals surface area contributed by atoms with Gasteiger partial charge in [0.2, 0.25) is 11.8 Å². The number of hydrogen-bond donors (Lipinski definition) is 3. The standard InChI is InChI=1S/C21H27N3O4/c1-14(25)23-19(12-15-13-22-18-5-3-2-4-17(15)18)20(26)24-16-6-8-21(9-7-16)27-10-11-28-21/h2-5,13,16,19,22H,6-12H2,1H3,(H,23,25)(H,24,26)/t19-/m1/s1. The number of para-hydroxylation sites is 1. The molecule has 0 bridgehead atoms. The van der Waals surface area contributed by atoms with Crippen molar-refractivity contribution in [3.8, 4) is 0 Å². The van der Waals surface area contributed by atoms with Crippen LogP contribution in [0.5, 0.6) is 0 Å². The van der Waals surface area contributed by atoms with Crippen molar-refractivity contribution in [3.05, 3.63) is 36.0 Å². The number of ether oxygens (including phenoxy) is 2. The van der Waals surface area contributed by atoms with E-state index in [4.69, 9.17) is 9.47 Å². The maximum atomic E-state index is 12.9. The van der Waals surface area contributed by atoms with Gasteiger partial charge in [0.25, 0.3) is 0 Å². The largest absolute Gasteiger partial charge is 0.361 e. The Hall–Kier alpha value is -2.38. The van der Waals surface area contributed by atoms with Crippen LogP contribution in [0.3, 0.4) is 0 Å². The molecular weight excluding hydrogens is 358 g/mol. The van der Waals surface area contributed by atoms with E-state index in [1.807, 2.05) is 30.5 Å². The van der Waals surface area contributed by atoms with E-state index in [1.54, 1.807) is 0 Å². The lowest BCUT2D eigenvalue weighted by Crippen LogP contribution is -2.52. The highest BCUT2D eigenvalue weighted by Crippen LogP contribution is 2.35. The summed E-state index contributed by atoms with van der Waals surface area (Å²) in [6.45, 7) is 2.73. The molecule has 1 saturated carbocycles. The smallest absolute Gasteiger partial charge is 0.243 e. The van der Waals surface area contributed by atoms with Crippen LogP contribution in [-0.4, -0.2) is 47.9 Å². The van der Waals surface area contributed by atoms with Gasteiger partial charge in [0.1, 0.15) is 6.04 Å². The molecule has 2 aliphatic rings. The van der Waals surface area contributed by atoms with Crippen LogP contribution in [0.1, 0.15) is 38.2 Å². The van der Waals surface area contributed by atoms with Crippen LogP contribution in [0.25, 0.3) is 10.9 Å². The number of amides is 2. The first-order valence-corrected chi connectivity index (χ1v) is 9.95. The van der Waals surface area contributed by atoms with Crippen LogP contribution in [0.2, 0.25) is 0 Å². The van der Waals surface area contributed by atoms with Gasteiger partial charge in [-0.25, -0.2) is 0 Å². The first-order chi connectivity index (χ1) is 13.5. The Labute approximate surface area is 164 Å². The van der Waals surface area contributed by atoms with E-state index in [0.29, 0.717) is 19.6 Å². The number of H-pyrrole nitrogens is 1. The number of carbonyl (C=O) groups is 2. The number of aromatic nitrogens is 1. The van der Waals surface area contributed by atoms with Crippen LogP contribution < -0.4 is 10.6 Å². The van der Waals surface area contributed by atoms with Crippen molar-refractivity contribution in [2.45, 2.75) is 56.9 Å². The van der Waals surface area contributed by atoms with Crippen molar-refractivity contribution < 1.29 is 19.1 Å². The molecule has 3 N–H and O–H groups in total. The Morgan fingerprint density at radius 2 is 1.93 bits per heavy atom. The summed E-state index contributed by atoms with van der Waals surface area (Å²) in [5, 5.41) is 6.99. The minimum absolute atomic E-state index is 0.0742. The van der Waals surface area contributed by atoms with Crippen molar-refractivity contribution >= 4 is 22.7 Å². The third-order valence-corrected chi connectivity index (χ3v) is 5.70. The molecule has 1 aromatic heterocycles. The van der Waals surface area contributed by atoms with Crippen molar-refractivity contribution in [2.75, 3.05) is 13.2 Å². The minimum atomic E-state index is -0.605. The van der Waals surface area contributed by atoms with Gasteiger partial charge in [-0.3, -0.25) is 9.59 Å². The number of carbonyl (C=O) groups excluding carboxylic acids is 2. The van der Waals surface area contributed by atoms with Crippen molar-refractivity contribution in [2.24, 2.45) is 0 Å². The van der Waals surface area contributed by atoms with Crippen LogP contribution in [0, 0.1) is 0 Å². The molecular formula is C21H27N3O4. The fourth-order valence-corrected chi connectivity index (χ4v) is 4.26. The van der Waals surface area contributed by atoms with E-state index in [9.17, 15) is 9.59 Å². The van der Waals surface area contributed by atoms with E-state index < -0.39 is 11.8 Å². The van der Waals surface area contributed by atoms with Crippen molar-refractivity contribution in [3.63, 3.8) is 0 Å². The van der Waals surface area contributed by atoms with Gasteiger partial charge >= 0.3 is 0 Å². The zero-order valence-corrected chi connectivity index (χ0v) is 16.1. The molecule has 1 spiro atoms. The molecule has 2 fully saturated rings. The third-order valence-electron chi connectivity index (χ3n) is 5.70.